The van der Waals surface area contributed by atoms with E-state index in [1.807, 2.05) is 31.2 Å². The van der Waals surface area contributed by atoms with Crippen molar-refractivity contribution in [1.29, 1.82) is 0 Å². The fraction of sp³-hybridized carbons (Fsp3) is 0.467. The summed E-state index contributed by atoms with van der Waals surface area (Å²) < 4.78 is 5.49. The van der Waals surface area contributed by atoms with Gasteiger partial charge in [-0.15, -0.1) is 0 Å². The van der Waals surface area contributed by atoms with E-state index < -0.39 is 12.0 Å². The molecule has 1 aliphatic rings. The Hall–Kier alpha value is -2.04. The third kappa shape index (κ3) is 3.50. The van der Waals surface area contributed by atoms with Crippen LogP contribution >= 0.6 is 0 Å². The first-order valence-electron chi connectivity index (χ1n) is 6.79. The molecular formula is C15H19NO4. The van der Waals surface area contributed by atoms with Gasteiger partial charge in [0, 0.05) is 6.54 Å². The number of hydrogen-bond donors (Lipinski definition) is 1. The van der Waals surface area contributed by atoms with Crippen LogP contribution < -0.4 is 4.74 Å². The lowest BCUT2D eigenvalue weighted by Gasteiger charge is -2.21. The lowest BCUT2D eigenvalue weighted by molar-refractivity contribution is -0.148. The number of nitrogens with zero attached hydrogens (tertiary/aromatic N) is 1. The van der Waals surface area contributed by atoms with Crippen LogP contribution in [-0.4, -0.2) is 41.1 Å². The molecule has 2 rings (SSSR count). The Balaban J connectivity index is 1.80. The Morgan fingerprint density at radius 1 is 1.35 bits per heavy atom. The molecular weight excluding hydrogens is 258 g/mol. The maximum absolute atomic E-state index is 12.0. The number of amides is 1. The van der Waals surface area contributed by atoms with Gasteiger partial charge in [-0.25, -0.2) is 4.79 Å². The van der Waals surface area contributed by atoms with E-state index >= 15 is 0 Å². The Morgan fingerprint density at radius 2 is 2.05 bits per heavy atom. The summed E-state index contributed by atoms with van der Waals surface area (Å²) in [6.45, 7) is 2.79. The molecule has 0 saturated carbocycles. The van der Waals surface area contributed by atoms with Crippen molar-refractivity contribution in [3.8, 4) is 5.75 Å². The number of carboxylic acids is 1. The Morgan fingerprint density at radius 3 is 2.70 bits per heavy atom. The van der Waals surface area contributed by atoms with E-state index in [0.29, 0.717) is 13.0 Å². The molecule has 1 fully saturated rings. The molecule has 20 heavy (non-hydrogen) atoms. The lowest BCUT2D eigenvalue weighted by atomic mass is 10.2. The van der Waals surface area contributed by atoms with Crippen LogP contribution in [0.5, 0.6) is 5.75 Å². The molecule has 0 aromatic heterocycles. The number of carboxylic acid groups (broad SMARTS) is 1. The molecule has 1 atom stereocenters. The standard InChI is InChI=1S/C15H19NO4/c1-11-4-6-12(7-5-11)20-10-8-14(17)16-9-2-3-13(16)15(18)19/h4-7,13H,2-3,8-10H2,1H3,(H,18,19)/t13-/m0/s1. The lowest BCUT2D eigenvalue weighted by Crippen LogP contribution is -2.40. The fourth-order valence-corrected chi connectivity index (χ4v) is 2.36. The fourth-order valence-electron chi connectivity index (χ4n) is 2.36. The zero-order chi connectivity index (χ0) is 14.5. The number of aliphatic carboxylic acids is 1. The molecule has 5 nitrogen and oxygen atoms in total. The first-order valence-corrected chi connectivity index (χ1v) is 6.79. The monoisotopic (exact) mass is 277 g/mol. The van der Waals surface area contributed by atoms with Crippen molar-refractivity contribution in [3.05, 3.63) is 29.8 Å². The van der Waals surface area contributed by atoms with Gasteiger partial charge in [0.1, 0.15) is 11.8 Å². The summed E-state index contributed by atoms with van der Waals surface area (Å²) in [6.07, 6.45) is 1.50. The Kier molecular flexibility index (Phi) is 4.61. The van der Waals surface area contributed by atoms with Crippen molar-refractivity contribution in [2.24, 2.45) is 0 Å². The minimum Gasteiger partial charge on any atom is -0.493 e. The molecule has 0 unspecified atom stereocenters. The van der Waals surface area contributed by atoms with E-state index in [9.17, 15) is 9.59 Å². The Labute approximate surface area is 118 Å². The molecule has 1 N–H and O–H groups in total. The van der Waals surface area contributed by atoms with Crippen LogP contribution in [0.4, 0.5) is 0 Å². The van der Waals surface area contributed by atoms with Gasteiger partial charge in [0.05, 0.1) is 13.0 Å². The summed E-state index contributed by atoms with van der Waals surface area (Å²) >= 11 is 0. The molecule has 1 aromatic carbocycles. The van der Waals surface area contributed by atoms with Gasteiger partial charge >= 0.3 is 5.97 Å². The Bertz CT molecular complexity index is 483. The van der Waals surface area contributed by atoms with E-state index in [0.717, 1.165) is 17.7 Å². The van der Waals surface area contributed by atoms with Crippen molar-refractivity contribution in [3.63, 3.8) is 0 Å². The summed E-state index contributed by atoms with van der Waals surface area (Å²) in [5.74, 6) is -0.350. The normalized spacial score (nSPS) is 18.1. The molecule has 0 aliphatic carbocycles. The maximum atomic E-state index is 12.0. The smallest absolute Gasteiger partial charge is 0.326 e. The number of carbonyl (C=O) groups excluding carboxylic acids is 1. The summed E-state index contributed by atoms with van der Waals surface area (Å²) in [6, 6.07) is 6.93. The van der Waals surface area contributed by atoms with E-state index in [2.05, 4.69) is 0 Å². The average molecular weight is 277 g/mol. The van der Waals surface area contributed by atoms with Gasteiger partial charge in [0.25, 0.3) is 0 Å². The van der Waals surface area contributed by atoms with Crippen LogP contribution in [0, 0.1) is 6.92 Å². The van der Waals surface area contributed by atoms with Crippen molar-refractivity contribution >= 4 is 11.9 Å². The average Bonchev–Trinajstić information content (AvgIpc) is 2.90. The number of benzene rings is 1. The SMILES string of the molecule is Cc1ccc(OCCC(=O)N2CCC[C@H]2C(=O)O)cc1. The molecule has 0 bridgehead atoms. The van der Waals surface area contributed by atoms with Crippen molar-refractivity contribution < 1.29 is 19.4 Å². The molecule has 5 heteroatoms. The maximum Gasteiger partial charge on any atom is 0.326 e. The van der Waals surface area contributed by atoms with Crippen LogP contribution in [-0.2, 0) is 9.59 Å². The number of carbonyl (C=O) groups is 2. The molecule has 108 valence electrons. The van der Waals surface area contributed by atoms with Crippen molar-refractivity contribution in [2.75, 3.05) is 13.2 Å². The summed E-state index contributed by atoms with van der Waals surface area (Å²) in [5.41, 5.74) is 1.15. The second-order valence-corrected chi connectivity index (χ2v) is 4.99. The second-order valence-electron chi connectivity index (χ2n) is 4.99. The van der Waals surface area contributed by atoms with Gasteiger partial charge in [-0.1, -0.05) is 17.7 Å². The predicted octanol–water partition coefficient (Wildman–Crippen LogP) is 1.84. The van der Waals surface area contributed by atoms with Gasteiger partial charge in [0.2, 0.25) is 5.91 Å². The van der Waals surface area contributed by atoms with Crippen molar-refractivity contribution in [2.45, 2.75) is 32.2 Å². The van der Waals surface area contributed by atoms with Crippen LogP contribution in [0.3, 0.4) is 0 Å². The van der Waals surface area contributed by atoms with Gasteiger partial charge in [-0.05, 0) is 31.9 Å². The van der Waals surface area contributed by atoms with Crippen LogP contribution in [0.25, 0.3) is 0 Å². The van der Waals surface area contributed by atoms with Gasteiger partial charge in [0.15, 0.2) is 0 Å². The molecule has 1 saturated heterocycles. The molecule has 0 spiro atoms. The number of ether oxygens (including phenoxy) is 1. The zero-order valence-electron chi connectivity index (χ0n) is 11.5. The zero-order valence-corrected chi connectivity index (χ0v) is 11.5. The number of rotatable bonds is 5. The van der Waals surface area contributed by atoms with E-state index in [4.69, 9.17) is 9.84 Å². The van der Waals surface area contributed by atoms with Crippen LogP contribution in [0.15, 0.2) is 24.3 Å². The summed E-state index contributed by atoms with van der Waals surface area (Å²) in [7, 11) is 0. The first kappa shape index (κ1) is 14.4. The third-order valence-electron chi connectivity index (χ3n) is 3.46. The first-order chi connectivity index (χ1) is 9.58. The van der Waals surface area contributed by atoms with E-state index in [-0.39, 0.29) is 18.9 Å². The van der Waals surface area contributed by atoms with Crippen LogP contribution in [0.2, 0.25) is 0 Å². The minimum atomic E-state index is -0.921. The number of hydrogen-bond acceptors (Lipinski definition) is 3. The topological polar surface area (TPSA) is 66.8 Å². The highest BCUT2D eigenvalue weighted by molar-refractivity contribution is 5.84. The van der Waals surface area contributed by atoms with Gasteiger partial charge < -0.3 is 14.7 Å². The minimum absolute atomic E-state index is 0.151. The molecule has 1 aromatic rings. The summed E-state index contributed by atoms with van der Waals surface area (Å²) in [5, 5.41) is 9.04. The predicted molar refractivity (Wildman–Crippen MR) is 73.7 cm³/mol. The molecule has 1 heterocycles. The van der Waals surface area contributed by atoms with Crippen molar-refractivity contribution in [1.82, 2.24) is 4.90 Å². The highest BCUT2D eigenvalue weighted by Crippen LogP contribution is 2.18. The highest BCUT2D eigenvalue weighted by atomic mass is 16.5. The second kappa shape index (κ2) is 6.41. The van der Waals surface area contributed by atoms with Gasteiger partial charge in [-0.3, -0.25) is 4.79 Å². The number of likely N-dealkylation sites (tertiary alicyclic amines) is 1. The number of aryl methyl sites for hydroxylation is 1. The molecule has 1 amide bonds. The highest BCUT2D eigenvalue weighted by Gasteiger charge is 2.33. The van der Waals surface area contributed by atoms with E-state index in [1.54, 1.807) is 0 Å². The quantitative estimate of drug-likeness (QED) is 0.891. The van der Waals surface area contributed by atoms with Gasteiger partial charge in [-0.2, -0.15) is 0 Å². The largest absolute Gasteiger partial charge is 0.493 e. The third-order valence-corrected chi connectivity index (χ3v) is 3.46. The molecule has 0 radical (unpaired) electrons. The van der Waals surface area contributed by atoms with Crippen LogP contribution in [0.1, 0.15) is 24.8 Å². The summed E-state index contributed by atoms with van der Waals surface area (Å²) in [4.78, 5) is 24.5. The molecule has 1 aliphatic heterocycles. The van der Waals surface area contributed by atoms with E-state index in [1.165, 1.54) is 4.90 Å².